The lowest BCUT2D eigenvalue weighted by atomic mass is 10.0. The Bertz CT molecular complexity index is 524. The minimum Gasteiger partial charge on any atom is -0.154 e. The van der Waals surface area contributed by atoms with Gasteiger partial charge in [-0.2, -0.15) is 5.10 Å². The molecule has 1 aliphatic rings. The van der Waals surface area contributed by atoms with Crippen molar-refractivity contribution in [2.75, 3.05) is 0 Å². The fraction of sp³-hybridized carbons (Fsp3) is 0.167. The maximum atomic E-state index is 6.10. The van der Waals surface area contributed by atoms with Crippen LogP contribution in [0, 0.1) is 0 Å². The Morgan fingerprint density at radius 1 is 1.12 bits per heavy atom. The van der Waals surface area contributed by atoms with Gasteiger partial charge in [0.1, 0.15) is 5.17 Å². The first-order valence-corrected chi connectivity index (χ1v) is 6.13. The summed E-state index contributed by atoms with van der Waals surface area (Å²) in [6.45, 7) is 1.88. The van der Waals surface area contributed by atoms with Crippen LogP contribution in [0.3, 0.4) is 0 Å². The third-order valence-electron chi connectivity index (χ3n) is 2.43. The first kappa shape index (κ1) is 12.6. The van der Waals surface area contributed by atoms with E-state index in [4.69, 9.17) is 34.8 Å². The second-order valence-electron chi connectivity index (χ2n) is 3.64. The molecule has 0 N–H and O–H groups in total. The van der Waals surface area contributed by atoms with Gasteiger partial charge in [0.2, 0.25) is 0 Å². The van der Waals surface area contributed by atoms with Gasteiger partial charge < -0.3 is 0 Å². The van der Waals surface area contributed by atoms with E-state index in [1.807, 2.05) is 19.1 Å². The Balaban J connectivity index is 2.44. The number of nitrogens with zero attached hydrogens (tertiary/aromatic N) is 2. The summed E-state index contributed by atoms with van der Waals surface area (Å²) in [7, 11) is 0. The Morgan fingerprint density at radius 3 is 2.41 bits per heavy atom. The van der Waals surface area contributed by atoms with Gasteiger partial charge in [0.05, 0.1) is 5.71 Å². The van der Waals surface area contributed by atoms with Gasteiger partial charge in [0, 0.05) is 22.0 Å². The number of benzene rings is 1. The van der Waals surface area contributed by atoms with Gasteiger partial charge in [-0.25, -0.2) is 0 Å². The average molecular weight is 288 g/mol. The maximum Gasteiger partial charge on any atom is 0.133 e. The summed E-state index contributed by atoms with van der Waals surface area (Å²) in [6.07, 6.45) is 2.46. The topological polar surface area (TPSA) is 24.7 Å². The van der Waals surface area contributed by atoms with Crippen LogP contribution >= 0.6 is 34.8 Å². The minimum absolute atomic E-state index is 0.463. The smallest absolute Gasteiger partial charge is 0.133 e. The summed E-state index contributed by atoms with van der Waals surface area (Å²) in [5, 5.41) is 9.46. The standard InChI is InChI=1S/C12H9Cl3N2/c1-7-8(6-12(15)17-16-7)5-9-10(13)3-2-4-11(9)14/h2-5H,6H2,1H3/b8-5+. The summed E-state index contributed by atoms with van der Waals surface area (Å²) < 4.78 is 0. The average Bonchev–Trinajstić information content (AvgIpc) is 2.28. The third-order valence-corrected chi connectivity index (χ3v) is 3.30. The molecular formula is C12H9Cl3N2. The van der Waals surface area contributed by atoms with Crippen LogP contribution in [-0.4, -0.2) is 10.9 Å². The highest BCUT2D eigenvalue weighted by molar-refractivity contribution is 6.66. The van der Waals surface area contributed by atoms with Crippen LogP contribution in [-0.2, 0) is 0 Å². The predicted molar refractivity (Wildman–Crippen MR) is 75.5 cm³/mol. The fourth-order valence-corrected chi connectivity index (χ4v) is 2.18. The molecule has 17 heavy (non-hydrogen) atoms. The molecule has 0 amide bonds. The highest BCUT2D eigenvalue weighted by Gasteiger charge is 2.12. The van der Waals surface area contributed by atoms with E-state index in [9.17, 15) is 0 Å². The number of allylic oxidation sites excluding steroid dienone is 1. The Morgan fingerprint density at radius 2 is 1.76 bits per heavy atom. The van der Waals surface area contributed by atoms with E-state index in [2.05, 4.69) is 10.2 Å². The van der Waals surface area contributed by atoms with Crippen molar-refractivity contribution in [2.45, 2.75) is 13.3 Å². The summed E-state index contributed by atoms with van der Waals surface area (Å²) in [6, 6.07) is 5.40. The van der Waals surface area contributed by atoms with Gasteiger partial charge in [-0.15, -0.1) is 5.10 Å². The molecule has 0 saturated carbocycles. The summed E-state index contributed by atoms with van der Waals surface area (Å²) in [5.41, 5.74) is 2.58. The molecule has 1 heterocycles. The number of hydrogen-bond donors (Lipinski definition) is 0. The first-order chi connectivity index (χ1) is 8.08. The lowest BCUT2D eigenvalue weighted by Crippen LogP contribution is -2.06. The SMILES string of the molecule is CC1=NN=C(Cl)C/C1=C\c1c(Cl)cccc1Cl. The molecule has 0 radical (unpaired) electrons. The molecule has 0 bridgehead atoms. The third kappa shape index (κ3) is 2.89. The highest BCUT2D eigenvalue weighted by Crippen LogP contribution is 2.28. The van der Waals surface area contributed by atoms with Gasteiger partial charge in [0.15, 0.2) is 0 Å². The summed E-state index contributed by atoms with van der Waals surface area (Å²) in [4.78, 5) is 0. The van der Waals surface area contributed by atoms with Crippen LogP contribution < -0.4 is 0 Å². The molecule has 1 aromatic rings. The highest BCUT2D eigenvalue weighted by atomic mass is 35.5. The zero-order valence-electron chi connectivity index (χ0n) is 9.04. The molecule has 0 spiro atoms. The Kier molecular flexibility index (Phi) is 3.87. The van der Waals surface area contributed by atoms with E-state index in [1.54, 1.807) is 12.1 Å². The van der Waals surface area contributed by atoms with Crippen molar-refractivity contribution in [1.82, 2.24) is 0 Å². The van der Waals surface area contributed by atoms with E-state index < -0.39 is 0 Å². The monoisotopic (exact) mass is 286 g/mol. The minimum atomic E-state index is 0.463. The van der Waals surface area contributed by atoms with Crippen molar-refractivity contribution in [3.05, 3.63) is 39.4 Å². The zero-order valence-corrected chi connectivity index (χ0v) is 11.3. The van der Waals surface area contributed by atoms with Crippen molar-refractivity contribution in [3.63, 3.8) is 0 Å². The molecule has 0 saturated heterocycles. The summed E-state index contributed by atoms with van der Waals surface area (Å²) >= 11 is 18.1. The first-order valence-electron chi connectivity index (χ1n) is 4.99. The van der Waals surface area contributed by atoms with Crippen LogP contribution in [0.5, 0.6) is 0 Å². The van der Waals surface area contributed by atoms with Crippen LogP contribution in [0.15, 0.2) is 34.0 Å². The predicted octanol–water partition coefficient (Wildman–Crippen LogP) is 4.79. The van der Waals surface area contributed by atoms with Gasteiger partial charge in [-0.3, -0.25) is 0 Å². The van der Waals surface area contributed by atoms with Crippen LogP contribution in [0.4, 0.5) is 0 Å². The van der Waals surface area contributed by atoms with Gasteiger partial charge >= 0.3 is 0 Å². The van der Waals surface area contributed by atoms with Gasteiger partial charge in [-0.05, 0) is 30.7 Å². The molecular weight excluding hydrogens is 279 g/mol. The molecule has 1 aliphatic heterocycles. The van der Waals surface area contributed by atoms with E-state index in [0.29, 0.717) is 21.6 Å². The maximum absolute atomic E-state index is 6.10. The van der Waals surface area contributed by atoms with E-state index in [1.165, 1.54) is 0 Å². The number of halogens is 3. The Hall–Kier alpha value is -0.830. The van der Waals surface area contributed by atoms with Crippen molar-refractivity contribution < 1.29 is 0 Å². The second-order valence-corrected chi connectivity index (χ2v) is 4.89. The van der Waals surface area contributed by atoms with Crippen LogP contribution in [0.2, 0.25) is 10.0 Å². The van der Waals surface area contributed by atoms with E-state index in [0.717, 1.165) is 16.8 Å². The largest absolute Gasteiger partial charge is 0.154 e. The van der Waals surface area contributed by atoms with Gasteiger partial charge in [-0.1, -0.05) is 40.9 Å². The van der Waals surface area contributed by atoms with Crippen molar-refractivity contribution in [2.24, 2.45) is 10.2 Å². The molecule has 1 aromatic carbocycles. The normalized spacial score (nSPS) is 18.0. The quantitative estimate of drug-likeness (QED) is 0.709. The van der Waals surface area contributed by atoms with Gasteiger partial charge in [0.25, 0.3) is 0 Å². The van der Waals surface area contributed by atoms with Crippen LogP contribution in [0.1, 0.15) is 18.9 Å². The molecule has 0 aromatic heterocycles. The Labute approximate surface area is 115 Å². The molecule has 2 nitrogen and oxygen atoms in total. The molecule has 88 valence electrons. The summed E-state index contributed by atoms with van der Waals surface area (Å²) in [5.74, 6) is 0. The molecule has 5 heteroatoms. The zero-order chi connectivity index (χ0) is 12.4. The fourth-order valence-electron chi connectivity index (χ4n) is 1.49. The van der Waals surface area contributed by atoms with Crippen LogP contribution in [0.25, 0.3) is 6.08 Å². The lowest BCUT2D eigenvalue weighted by molar-refractivity contribution is 1.17. The number of rotatable bonds is 1. The van der Waals surface area contributed by atoms with Crippen molar-refractivity contribution in [1.29, 1.82) is 0 Å². The molecule has 0 unspecified atom stereocenters. The molecule has 0 fully saturated rings. The number of hydrogen-bond acceptors (Lipinski definition) is 2. The van der Waals surface area contributed by atoms with Crippen molar-refractivity contribution >= 4 is 51.8 Å². The van der Waals surface area contributed by atoms with E-state index in [-0.39, 0.29) is 0 Å². The molecule has 0 aliphatic carbocycles. The van der Waals surface area contributed by atoms with E-state index >= 15 is 0 Å². The molecule has 0 atom stereocenters. The second kappa shape index (κ2) is 5.21. The van der Waals surface area contributed by atoms with Crippen molar-refractivity contribution in [3.8, 4) is 0 Å². The lowest BCUT2D eigenvalue weighted by Gasteiger charge is -2.10. The molecule has 2 rings (SSSR count).